The van der Waals surface area contributed by atoms with Gasteiger partial charge in [-0.25, -0.2) is 4.52 Å². The highest BCUT2D eigenvalue weighted by Gasteiger charge is 2.14. The summed E-state index contributed by atoms with van der Waals surface area (Å²) in [6, 6.07) is 6.14. The molecule has 1 N–H and O–H groups in total. The number of fused-ring (bicyclic) bond motifs is 1. The van der Waals surface area contributed by atoms with Crippen LogP contribution >= 0.6 is 0 Å². The molecule has 1 saturated heterocycles. The van der Waals surface area contributed by atoms with Crippen LogP contribution in [0.25, 0.3) is 5.52 Å². The molecule has 3 heterocycles. The second-order valence-corrected chi connectivity index (χ2v) is 4.80. The van der Waals surface area contributed by atoms with Crippen molar-refractivity contribution in [1.82, 2.24) is 14.9 Å². The van der Waals surface area contributed by atoms with Gasteiger partial charge in [-0.15, -0.1) is 0 Å². The van der Waals surface area contributed by atoms with Crippen molar-refractivity contribution in [2.45, 2.75) is 31.9 Å². The van der Waals surface area contributed by atoms with Gasteiger partial charge in [0.05, 0.1) is 17.8 Å². The highest BCUT2D eigenvalue weighted by Crippen LogP contribution is 2.14. The van der Waals surface area contributed by atoms with Crippen molar-refractivity contribution in [3.05, 3.63) is 36.2 Å². The second-order valence-electron chi connectivity index (χ2n) is 4.80. The fraction of sp³-hybridized carbons (Fsp3) is 0.500. The van der Waals surface area contributed by atoms with Gasteiger partial charge in [0.25, 0.3) is 0 Å². The number of nitrogens with one attached hydrogen (secondary N) is 1. The normalized spacial score (nSPS) is 19.7. The van der Waals surface area contributed by atoms with Crippen LogP contribution in [-0.2, 0) is 11.3 Å². The summed E-state index contributed by atoms with van der Waals surface area (Å²) < 4.78 is 7.52. The number of nitrogens with zero attached hydrogens (tertiary/aromatic N) is 2. The molecule has 1 aliphatic heterocycles. The van der Waals surface area contributed by atoms with Crippen LogP contribution in [0.1, 0.15) is 24.8 Å². The molecule has 1 unspecified atom stereocenters. The maximum absolute atomic E-state index is 5.60. The van der Waals surface area contributed by atoms with Crippen molar-refractivity contribution < 1.29 is 4.74 Å². The molecule has 0 aliphatic carbocycles. The zero-order chi connectivity index (χ0) is 12.2. The monoisotopic (exact) mass is 245 g/mol. The minimum absolute atomic E-state index is 0.474. The Morgan fingerprint density at radius 3 is 3.33 bits per heavy atom. The molecule has 4 heteroatoms. The molecule has 0 spiro atoms. The van der Waals surface area contributed by atoms with Gasteiger partial charge in [-0.05, 0) is 37.9 Å². The Hall–Kier alpha value is -1.39. The molecular formula is C14H19N3O. The summed E-state index contributed by atoms with van der Waals surface area (Å²) >= 11 is 0. The maximum Gasteiger partial charge on any atom is 0.0706 e. The topological polar surface area (TPSA) is 38.6 Å². The molecule has 1 aliphatic rings. The summed E-state index contributed by atoms with van der Waals surface area (Å²) in [7, 11) is 0. The molecule has 0 radical (unpaired) electrons. The molecule has 0 aromatic carbocycles. The average molecular weight is 245 g/mol. The molecule has 96 valence electrons. The zero-order valence-electron chi connectivity index (χ0n) is 10.5. The summed E-state index contributed by atoms with van der Waals surface area (Å²) in [6.45, 7) is 2.83. The van der Waals surface area contributed by atoms with Gasteiger partial charge in [-0.1, -0.05) is 6.07 Å². The maximum atomic E-state index is 5.60. The van der Waals surface area contributed by atoms with Crippen LogP contribution in [0.2, 0.25) is 0 Å². The van der Waals surface area contributed by atoms with Gasteiger partial charge in [0, 0.05) is 24.9 Å². The molecule has 0 bridgehead atoms. The number of ether oxygens (including phenoxy) is 1. The van der Waals surface area contributed by atoms with Crippen molar-refractivity contribution >= 4 is 5.52 Å². The van der Waals surface area contributed by atoms with E-state index in [1.165, 1.54) is 23.9 Å². The highest BCUT2D eigenvalue weighted by molar-refractivity contribution is 5.53. The number of aromatic nitrogens is 2. The predicted octanol–water partition coefficient (Wildman–Crippen LogP) is 1.99. The second kappa shape index (κ2) is 5.50. The third kappa shape index (κ3) is 2.54. The van der Waals surface area contributed by atoms with E-state index in [9.17, 15) is 0 Å². The average Bonchev–Trinajstić information content (AvgIpc) is 3.04. The largest absolute Gasteiger partial charge is 0.378 e. The van der Waals surface area contributed by atoms with Crippen molar-refractivity contribution in [2.75, 3.05) is 13.2 Å². The Balaban J connectivity index is 1.50. The Bertz CT molecular complexity index is 502. The summed E-state index contributed by atoms with van der Waals surface area (Å²) in [5.74, 6) is 0. The Labute approximate surface area is 107 Å². The number of pyridine rings is 1. The first-order valence-electron chi connectivity index (χ1n) is 6.67. The molecule has 1 fully saturated rings. The Kier molecular flexibility index (Phi) is 3.57. The van der Waals surface area contributed by atoms with E-state index in [4.69, 9.17) is 4.74 Å². The van der Waals surface area contributed by atoms with Gasteiger partial charge in [0.15, 0.2) is 0 Å². The molecule has 0 amide bonds. The first kappa shape index (κ1) is 11.7. The van der Waals surface area contributed by atoms with E-state index in [1.807, 2.05) is 29.0 Å². The quantitative estimate of drug-likeness (QED) is 0.819. The molecule has 3 rings (SSSR count). The van der Waals surface area contributed by atoms with Crippen molar-refractivity contribution in [2.24, 2.45) is 0 Å². The number of rotatable bonds is 5. The van der Waals surface area contributed by atoms with Crippen LogP contribution in [0.15, 0.2) is 30.6 Å². The SMILES string of the molecule is c1ccn2ncc(CNCCC3CCCO3)c2c1. The Morgan fingerprint density at radius 1 is 1.44 bits per heavy atom. The fourth-order valence-corrected chi connectivity index (χ4v) is 2.48. The van der Waals surface area contributed by atoms with E-state index in [-0.39, 0.29) is 0 Å². The lowest BCUT2D eigenvalue weighted by Gasteiger charge is -2.09. The standard InChI is InChI=1S/C14H19N3O/c1-2-8-17-14(5-1)12(11-16-17)10-15-7-6-13-4-3-9-18-13/h1-2,5,8,11,13,15H,3-4,6-7,9-10H2. The minimum atomic E-state index is 0.474. The molecule has 18 heavy (non-hydrogen) atoms. The molecule has 1 atom stereocenters. The van der Waals surface area contributed by atoms with E-state index in [2.05, 4.69) is 16.5 Å². The van der Waals surface area contributed by atoms with E-state index in [1.54, 1.807) is 0 Å². The molecule has 2 aromatic rings. The van der Waals surface area contributed by atoms with E-state index < -0.39 is 0 Å². The first-order valence-corrected chi connectivity index (χ1v) is 6.67. The summed E-state index contributed by atoms with van der Waals surface area (Å²) in [5, 5.41) is 7.80. The van der Waals surface area contributed by atoms with Crippen LogP contribution in [0.4, 0.5) is 0 Å². The van der Waals surface area contributed by atoms with Gasteiger partial charge in [-0.3, -0.25) is 0 Å². The van der Waals surface area contributed by atoms with E-state index in [0.29, 0.717) is 6.10 Å². The van der Waals surface area contributed by atoms with Gasteiger partial charge < -0.3 is 10.1 Å². The zero-order valence-corrected chi connectivity index (χ0v) is 10.5. The van der Waals surface area contributed by atoms with E-state index >= 15 is 0 Å². The van der Waals surface area contributed by atoms with Crippen LogP contribution in [-0.4, -0.2) is 28.9 Å². The highest BCUT2D eigenvalue weighted by atomic mass is 16.5. The lowest BCUT2D eigenvalue weighted by atomic mass is 10.2. The van der Waals surface area contributed by atoms with Crippen LogP contribution in [0.5, 0.6) is 0 Å². The van der Waals surface area contributed by atoms with Crippen molar-refractivity contribution in [3.8, 4) is 0 Å². The fourth-order valence-electron chi connectivity index (χ4n) is 2.48. The van der Waals surface area contributed by atoms with Gasteiger partial charge in [0.1, 0.15) is 0 Å². The van der Waals surface area contributed by atoms with Gasteiger partial charge in [-0.2, -0.15) is 5.10 Å². The molecule has 4 nitrogen and oxygen atoms in total. The van der Waals surface area contributed by atoms with Crippen LogP contribution < -0.4 is 5.32 Å². The lowest BCUT2D eigenvalue weighted by Crippen LogP contribution is -2.19. The molecule has 2 aromatic heterocycles. The number of hydrogen-bond acceptors (Lipinski definition) is 3. The summed E-state index contributed by atoms with van der Waals surface area (Å²) in [4.78, 5) is 0. The van der Waals surface area contributed by atoms with Gasteiger partial charge in [0.2, 0.25) is 0 Å². The predicted molar refractivity (Wildman–Crippen MR) is 70.5 cm³/mol. The lowest BCUT2D eigenvalue weighted by molar-refractivity contribution is 0.104. The van der Waals surface area contributed by atoms with Gasteiger partial charge >= 0.3 is 0 Å². The van der Waals surface area contributed by atoms with Crippen LogP contribution in [0.3, 0.4) is 0 Å². The summed E-state index contributed by atoms with van der Waals surface area (Å²) in [5.41, 5.74) is 2.44. The third-order valence-electron chi connectivity index (χ3n) is 3.49. The summed E-state index contributed by atoms with van der Waals surface area (Å²) in [6.07, 6.45) is 7.94. The minimum Gasteiger partial charge on any atom is -0.378 e. The van der Waals surface area contributed by atoms with Crippen LogP contribution in [0, 0.1) is 0 Å². The number of hydrogen-bond donors (Lipinski definition) is 1. The first-order chi connectivity index (χ1) is 8.93. The smallest absolute Gasteiger partial charge is 0.0706 e. The Morgan fingerprint density at radius 2 is 2.44 bits per heavy atom. The van der Waals surface area contributed by atoms with Crippen molar-refractivity contribution in [1.29, 1.82) is 0 Å². The molecular weight excluding hydrogens is 226 g/mol. The molecule has 0 saturated carbocycles. The van der Waals surface area contributed by atoms with Crippen molar-refractivity contribution in [3.63, 3.8) is 0 Å². The third-order valence-corrected chi connectivity index (χ3v) is 3.49. The van der Waals surface area contributed by atoms with E-state index in [0.717, 1.165) is 26.1 Å².